The number of nitrogens with one attached hydrogen (secondary N) is 1. The Morgan fingerprint density at radius 3 is 3.04 bits per heavy atom. The highest BCUT2D eigenvalue weighted by molar-refractivity contribution is 7.10. The third-order valence-corrected chi connectivity index (χ3v) is 5.92. The number of hydrogen-bond acceptors (Lipinski definition) is 7. The molecule has 7 nitrogen and oxygen atoms in total. The van der Waals surface area contributed by atoms with E-state index in [1.165, 1.54) is 4.88 Å². The monoisotopic (exact) mass is 382 g/mol. The molecule has 1 N–H and O–H groups in total. The molecule has 0 saturated carbocycles. The first-order chi connectivity index (χ1) is 13.3. The highest BCUT2D eigenvalue weighted by atomic mass is 32.1. The summed E-state index contributed by atoms with van der Waals surface area (Å²) in [5.41, 5.74) is 2.14. The minimum atomic E-state index is 0.0161. The van der Waals surface area contributed by atoms with Crippen molar-refractivity contribution in [3.05, 3.63) is 46.7 Å². The van der Waals surface area contributed by atoms with Gasteiger partial charge in [0.25, 0.3) is 0 Å². The highest BCUT2D eigenvalue weighted by Gasteiger charge is 2.35. The quantitative estimate of drug-likeness (QED) is 0.688. The first kappa shape index (κ1) is 16.7. The van der Waals surface area contributed by atoms with Crippen LogP contribution in [-0.4, -0.2) is 54.0 Å². The van der Waals surface area contributed by atoms with Crippen molar-refractivity contribution in [2.75, 3.05) is 38.5 Å². The molecule has 8 heteroatoms. The van der Waals surface area contributed by atoms with E-state index in [1.54, 1.807) is 18.4 Å². The minimum Gasteiger partial charge on any atom is -0.385 e. The molecule has 0 radical (unpaired) electrons. The van der Waals surface area contributed by atoms with Crippen molar-refractivity contribution in [3.63, 3.8) is 0 Å². The number of methoxy groups -OCH3 is 1. The first-order valence-corrected chi connectivity index (χ1v) is 10.0. The third kappa shape index (κ3) is 2.90. The molecule has 0 spiro atoms. The van der Waals surface area contributed by atoms with Crippen LogP contribution in [0.3, 0.4) is 0 Å². The summed E-state index contributed by atoms with van der Waals surface area (Å²) >= 11 is 1.75. The summed E-state index contributed by atoms with van der Waals surface area (Å²) in [7, 11) is 1.74. The van der Waals surface area contributed by atoms with Gasteiger partial charge in [-0.25, -0.2) is 9.98 Å². The van der Waals surface area contributed by atoms with Gasteiger partial charge >= 0.3 is 0 Å². The second kappa shape index (κ2) is 6.95. The lowest BCUT2D eigenvalue weighted by Gasteiger charge is -2.41. The van der Waals surface area contributed by atoms with Gasteiger partial charge in [-0.05, 0) is 30.0 Å². The number of guanidine groups is 1. The number of imidazole rings is 1. The number of ether oxygens (including phenoxy) is 1. The van der Waals surface area contributed by atoms with Crippen LogP contribution in [0.15, 0.2) is 46.8 Å². The zero-order chi connectivity index (χ0) is 18.2. The van der Waals surface area contributed by atoms with Crippen LogP contribution in [-0.2, 0) is 4.74 Å². The van der Waals surface area contributed by atoms with E-state index in [0.717, 1.165) is 49.2 Å². The van der Waals surface area contributed by atoms with Gasteiger partial charge in [0.2, 0.25) is 11.9 Å². The number of thiophene rings is 1. The highest BCUT2D eigenvalue weighted by Crippen LogP contribution is 2.35. The summed E-state index contributed by atoms with van der Waals surface area (Å²) in [6.45, 7) is 3.19. The van der Waals surface area contributed by atoms with Crippen LogP contribution >= 0.6 is 11.3 Å². The number of fused-ring (bicyclic) bond motifs is 5. The molecule has 27 heavy (non-hydrogen) atoms. The SMILES string of the molecule is COCCCN1CN=C2NC(c3cccs3)n3c(nc4ccccc43)N2C1. The Morgan fingerprint density at radius 1 is 1.26 bits per heavy atom. The van der Waals surface area contributed by atoms with Gasteiger partial charge in [-0.1, -0.05) is 18.2 Å². The molecule has 1 aromatic carbocycles. The molecule has 0 saturated heterocycles. The first-order valence-electron chi connectivity index (χ1n) is 9.15. The van der Waals surface area contributed by atoms with Gasteiger partial charge in [0.15, 0.2) is 0 Å². The molecule has 2 aliphatic rings. The Bertz CT molecular complexity index is 966. The molecule has 0 aliphatic carbocycles. The fourth-order valence-corrected chi connectivity index (χ4v) is 4.49. The molecule has 1 atom stereocenters. The molecule has 2 aliphatic heterocycles. The Hall–Kier alpha value is -2.42. The molecule has 4 heterocycles. The molecule has 140 valence electrons. The Labute approximate surface area is 161 Å². The molecule has 0 fully saturated rings. The average molecular weight is 382 g/mol. The number of nitrogens with zero attached hydrogens (tertiary/aromatic N) is 5. The smallest absolute Gasteiger partial charge is 0.216 e. The van der Waals surface area contributed by atoms with Crippen LogP contribution in [0.4, 0.5) is 5.95 Å². The molecule has 0 bridgehead atoms. The van der Waals surface area contributed by atoms with E-state index in [-0.39, 0.29) is 6.17 Å². The van der Waals surface area contributed by atoms with Crippen LogP contribution < -0.4 is 10.2 Å². The molecule has 2 aromatic heterocycles. The van der Waals surface area contributed by atoms with Crippen molar-refractivity contribution in [1.82, 2.24) is 19.8 Å². The van der Waals surface area contributed by atoms with E-state index >= 15 is 0 Å². The van der Waals surface area contributed by atoms with Crippen LogP contribution in [0.2, 0.25) is 0 Å². The summed E-state index contributed by atoms with van der Waals surface area (Å²) < 4.78 is 7.48. The van der Waals surface area contributed by atoms with Crippen molar-refractivity contribution in [2.24, 2.45) is 4.99 Å². The van der Waals surface area contributed by atoms with E-state index in [4.69, 9.17) is 14.7 Å². The van der Waals surface area contributed by atoms with Gasteiger partial charge in [-0.3, -0.25) is 14.4 Å². The normalized spacial score (nSPS) is 19.5. The predicted octanol–water partition coefficient (Wildman–Crippen LogP) is 2.68. The summed E-state index contributed by atoms with van der Waals surface area (Å²) in [6.07, 6.45) is 1.01. The molecule has 5 rings (SSSR count). The fourth-order valence-electron chi connectivity index (χ4n) is 3.73. The van der Waals surface area contributed by atoms with Gasteiger partial charge < -0.3 is 10.1 Å². The van der Waals surface area contributed by atoms with Gasteiger partial charge in [-0.15, -0.1) is 11.3 Å². The van der Waals surface area contributed by atoms with Crippen molar-refractivity contribution in [2.45, 2.75) is 12.6 Å². The van der Waals surface area contributed by atoms with E-state index in [0.29, 0.717) is 6.67 Å². The standard InChI is InChI=1S/C19H22N6OS/c1-26-10-5-9-23-12-20-18-22-17(16-8-4-11-27-16)25-15-7-3-2-6-14(15)21-19(25)24(18)13-23/h2-4,6-8,11,17H,5,9-10,12-13H2,1H3,(H,20,22). The maximum atomic E-state index is 5.19. The third-order valence-electron chi connectivity index (χ3n) is 5.00. The Kier molecular flexibility index (Phi) is 4.31. The molecule has 0 amide bonds. The van der Waals surface area contributed by atoms with E-state index in [1.807, 2.05) is 6.07 Å². The number of rotatable bonds is 5. The molecular weight excluding hydrogens is 360 g/mol. The summed E-state index contributed by atoms with van der Waals surface area (Å²) in [5.74, 6) is 1.85. The summed E-state index contributed by atoms with van der Waals surface area (Å²) in [4.78, 5) is 15.5. The molecule has 3 aromatic rings. The number of aliphatic imine (C=N–C) groups is 1. The van der Waals surface area contributed by atoms with E-state index in [2.05, 4.69) is 55.4 Å². The fraction of sp³-hybridized carbons (Fsp3) is 0.368. The van der Waals surface area contributed by atoms with Crippen LogP contribution in [0.25, 0.3) is 11.0 Å². The Balaban J connectivity index is 1.56. The zero-order valence-electron chi connectivity index (χ0n) is 15.2. The number of benzene rings is 1. The topological polar surface area (TPSA) is 57.9 Å². The number of para-hydroxylation sites is 2. The van der Waals surface area contributed by atoms with Crippen LogP contribution in [0.5, 0.6) is 0 Å². The van der Waals surface area contributed by atoms with Gasteiger partial charge in [-0.2, -0.15) is 0 Å². The van der Waals surface area contributed by atoms with Crippen molar-refractivity contribution in [1.29, 1.82) is 0 Å². The van der Waals surface area contributed by atoms with Crippen molar-refractivity contribution < 1.29 is 4.74 Å². The summed E-state index contributed by atoms with van der Waals surface area (Å²) in [6, 6.07) is 12.6. The minimum absolute atomic E-state index is 0.0161. The number of hydrogen-bond donors (Lipinski definition) is 1. The van der Waals surface area contributed by atoms with Gasteiger partial charge in [0.05, 0.1) is 24.4 Å². The number of anilines is 1. The van der Waals surface area contributed by atoms with Gasteiger partial charge in [0, 0.05) is 25.1 Å². The maximum absolute atomic E-state index is 5.19. The van der Waals surface area contributed by atoms with E-state index < -0.39 is 0 Å². The molecule has 1 unspecified atom stereocenters. The lowest BCUT2D eigenvalue weighted by molar-refractivity contribution is 0.171. The average Bonchev–Trinajstić information content (AvgIpc) is 3.36. The maximum Gasteiger partial charge on any atom is 0.216 e. The largest absolute Gasteiger partial charge is 0.385 e. The predicted molar refractivity (Wildman–Crippen MR) is 108 cm³/mol. The Morgan fingerprint density at radius 2 is 2.19 bits per heavy atom. The van der Waals surface area contributed by atoms with Gasteiger partial charge in [0.1, 0.15) is 6.17 Å². The van der Waals surface area contributed by atoms with Crippen LogP contribution in [0.1, 0.15) is 17.5 Å². The molecular formula is C19H22N6OS. The summed E-state index contributed by atoms with van der Waals surface area (Å²) in [5, 5.41) is 5.75. The lowest BCUT2D eigenvalue weighted by atomic mass is 10.3. The van der Waals surface area contributed by atoms with Crippen molar-refractivity contribution >= 4 is 34.3 Å². The second-order valence-electron chi connectivity index (χ2n) is 6.77. The zero-order valence-corrected chi connectivity index (χ0v) is 16.0. The second-order valence-corrected chi connectivity index (χ2v) is 7.75. The number of aromatic nitrogens is 2. The van der Waals surface area contributed by atoms with Crippen LogP contribution in [0, 0.1) is 0 Å². The van der Waals surface area contributed by atoms with E-state index in [9.17, 15) is 0 Å². The van der Waals surface area contributed by atoms with Crippen molar-refractivity contribution in [3.8, 4) is 0 Å². The lowest BCUT2D eigenvalue weighted by Crippen LogP contribution is -2.57.